The number of amides is 14. The number of hydrogen-bond donors (Lipinski definition) is 27. The number of guanidine groups is 3. The molecular weight excluding hydrogens is 1700 g/mol. The summed E-state index contributed by atoms with van der Waals surface area (Å²) >= 11 is 0. The van der Waals surface area contributed by atoms with Crippen molar-refractivity contribution in [3.05, 3.63) is 162 Å². The maximum atomic E-state index is 15.5. The molecule has 33 N–H and O–H groups in total. The SMILES string of the molecule is CC[C@H](C)[C@H](NC(=O)[C@H](CC(=O)O)NC(=O)[C@H](CCCNC(=N)N)NC(=O)[C@H](C)N)C(=O)N[C@@H](Cc1ccc(O)cc1)C(=O)N[C@@H](CCCNC(=N)N)C(=O)N[C@@H](C)C(=O)N[C@@H](CNC(=O)Cc1cc2ccc3cccc4ccc(c1)c2c34)C(=O)N[C@@H](Cc1ccccc1)C(=O)N[C@@H](Cc1ccccc1)C(=O)N[C@@H](CCCNC(=N)N)C(=O)N[C@@H](CCCCN)C(=O)NCC(N)=O. The van der Waals surface area contributed by atoms with E-state index in [0.29, 0.717) is 35.1 Å². The highest BCUT2D eigenvalue weighted by Crippen LogP contribution is 2.35. The lowest BCUT2D eigenvalue weighted by molar-refractivity contribution is -0.142. The minimum Gasteiger partial charge on any atom is -0.508 e. The van der Waals surface area contributed by atoms with E-state index in [1.807, 2.05) is 54.6 Å². The highest BCUT2D eigenvalue weighted by atomic mass is 16.4. The van der Waals surface area contributed by atoms with Gasteiger partial charge in [-0.2, -0.15) is 0 Å². The molecule has 0 saturated carbocycles. The first-order valence-corrected chi connectivity index (χ1v) is 43.5. The number of nitrogens with one attached hydrogen (secondary N) is 19. The van der Waals surface area contributed by atoms with Gasteiger partial charge in [-0.05, 0) is 151 Å². The molecule has 0 aliphatic rings. The summed E-state index contributed by atoms with van der Waals surface area (Å²) in [5, 5.41) is 90.7. The van der Waals surface area contributed by atoms with E-state index < -0.39 is 193 Å². The van der Waals surface area contributed by atoms with Crippen molar-refractivity contribution in [2.75, 3.05) is 39.3 Å². The lowest BCUT2D eigenvalue weighted by atomic mass is 9.92. The minimum absolute atomic E-state index is 0.00902. The number of nitrogens with two attached hydrogens (primary N) is 6. The molecule has 42 heteroatoms. The Balaban J connectivity index is 1.20. The predicted molar refractivity (Wildman–Crippen MR) is 494 cm³/mol. The summed E-state index contributed by atoms with van der Waals surface area (Å²) in [6.07, 6.45) is -1.40. The fourth-order valence-corrected chi connectivity index (χ4v) is 14.5. The number of phenols is 1. The van der Waals surface area contributed by atoms with E-state index in [9.17, 15) is 63.0 Å². The lowest BCUT2D eigenvalue weighted by Crippen LogP contribution is -2.62. The van der Waals surface area contributed by atoms with Crippen LogP contribution in [0.3, 0.4) is 0 Å². The van der Waals surface area contributed by atoms with Crippen molar-refractivity contribution in [2.24, 2.45) is 40.3 Å². The number of aliphatic carboxylic acids is 1. The van der Waals surface area contributed by atoms with Gasteiger partial charge in [-0.25, -0.2) is 0 Å². The fraction of sp³-hybridized carbons (Fsp3) is 0.422. The molecule has 7 aromatic carbocycles. The third-order valence-electron chi connectivity index (χ3n) is 21.7. The Kier molecular flexibility index (Phi) is 41.5. The summed E-state index contributed by atoms with van der Waals surface area (Å²) in [4.78, 5) is 213. The Morgan fingerprint density at radius 1 is 0.371 bits per heavy atom. The van der Waals surface area contributed by atoms with Crippen molar-refractivity contribution in [3.8, 4) is 5.75 Å². The standard InChI is InChI=1S/C90H123N25O17/c1-5-49(2)75(115-85(130)68(46-72(119)120)112-81(126)63(106-76(121)50(3)92)26-16-38-101-89(96)97)87(132)113-67(44-54-28-34-60(116)35-29-54)83(128)108-62(25-15-37-100-88(94)95)79(124)105-51(4)77(122)114-69(47-103-71(118)45-55-40-58-32-30-56-22-14-23-57-31-33-59(41-55)74(58)73(56)57)86(131)111-66(43-53-20-10-7-11-21-53)84(129)110-65(42-52-18-8-6-9-19-52)82(127)109-64(27-17-39-102-90(98)99)80(125)107-61(24-12-13-36-91)78(123)104-48-70(93)117/h6-11,14,18-23,28-35,40-41,49-51,61-69,75,116H,5,12-13,15-17,24-27,36-39,42-48,91-92H2,1-4H3,(H2,93,117)(H,103,118)(H,104,123)(H,105,124)(H,106,121)(H,107,125)(H,108,128)(H,109,127)(H,110,129)(H,111,131)(H,112,126)(H,113,132)(H,114,122)(H,115,130)(H,119,120)(H4,94,95,100)(H4,96,97,101)(H4,98,99,102)/t49-,50-,51-,61-,62-,63-,64-,65-,66-,67-,68-,69-,75-/m0/s1. The first kappa shape index (κ1) is 104. The van der Waals surface area contributed by atoms with Crippen LogP contribution in [-0.2, 0) is 97.6 Å². The van der Waals surface area contributed by atoms with E-state index in [2.05, 4.69) is 85.1 Å². The van der Waals surface area contributed by atoms with Gasteiger partial charge in [0.15, 0.2) is 17.9 Å². The normalized spacial score (nSPS) is 14.0. The van der Waals surface area contributed by atoms with Crippen molar-refractivity contribution < 1.29 is 82.1 Å². The number of hydrogen-bond acceptors (Lipinski definition) is 21. The van der Waals surface area contributed by atoms with Crippen molar-refractivity contribution >= 4 is 139 Å². The second-order valence-corrected chi connectivity index (χ2v) is 32.3. The number of benzene rings is 7. The Morgan fingerprint density at radius 2 is 0.750 bits per heavy atom. The molecule has 7 rings (SSSR count). The molecule has 13 atom stereocenters. The van der Waals surface area contributed by atoms with Gasteiger partial charge in [-0.15, -0.1) is 0 Å². The van der Waals surface area contributed by atoms with Crippen LogP contribution < -0.4 is 119 Å². The van der Waals surface area contributed by atoms with Crippen LogP contribution in [-0.4, -0.2) is 229 Å². The van der Waals surface area contributed by atoms with Gasteiger partial charge in [0.25, 0.3) is 0 Å². The molecule has 0 bridgehead atoms. The number of primary amides is 1. The van der Waals surface area contributed by atoms with Crippen LogP contribution in [0.15, 0.2) is 140 Å². The Bertz CT molecular complexity index is 5120. The molecule has 0 radical (unpaired) electrons. The zero-order valence-electron chi connectivity index (χ0n) is 74.1. The molecule has 7 aromatic rings. The molecule has 14 amide bonds. The Hall–Kier alpha value is -14.8. The topological polar surface area (TPSA) is 717 Å². The molecule has 42 nitrogen and oxygen atoms in total. The number of unbranched alkanes of at least 4 members (excludes halogenated alkanes) is 1. The van der Waals surface area contributed by atoms with Gasteiger partial charge in [0, 0.05) is 45.4 Å². The van der Waals surface area contributed by atoms with Crippen LogP contribution >= 0.6 is 0 Å². The summed E-state index contributed by atoms with van der Waals surface area (Å²) < 4.78 is 0. The smallest absolute Gasteiger partial charge is 0.305 e. The molecule has 0 fully saturated rings. The highest BCUT2D eigenvalue weighted by Gasteiger charge is 2.39. The van der Waals surface area contributed by atoms with Crippen LogP contribution in [0.4, 0.5) is 0 Å². The first-order chi connectivity index (χ1) is 62.9. The van der Waals surface area contributed by atoms with Crippen LogP contribution in [0, 0.1) is 22.1 Å². The highest BCUT2D eigenvalue weighted by molar-refractivity contribution is 6.23. The number of carbonyl (C=O) groups is 15. The summed E-state index contributed by atoms with van der Waals surface area (Å²) in [6.45, 7) is 4.89. The van der Waals surface area contributed by atoms with E-state index in [4.69, 9.17) is 50.6 Å². The molecule has 0 unspecified atom stereocenters. The van der Waals surface area contributed by atoms with Crippen LogP contribution in [0.25, 0.3) is 32.3 Å². The Morgan fingerprint density at radius 3 is 1.19 bits per heavy atom. The lowest BCUT2D eigenvalue weighted by Gasteiger charge is -2.29. The van der Waals surface area contributed by atoms with Crippen LogP contribution in [0.5, 0.6) is 5.75 Å². The van der Waals surface area contributed by atoms with Crippen LogP contribution in [0.1, 0.15) is 121 Å². The molecular formula is C90H123N25O17. The summed E-state index contributed by atoms with van der Waals surface area (Å²) in [7, 11) is 0. The van der Waals surface area contributed by atoms with E-state index >= 15 is 19.2 Å². The first-order valence-electron chi connectivity index (χ1n) is 43.5. The molecule has 132 heavy (non-hydrogen) atoms. The monoisotopic (exact) mass is 1830 g/mol. The third kappa shape index (κ3) is 34.3. The summed E-state index contributed by atoms with van der Waals surface area (Å²) in [6, 6.07) is 21.1. The van der Waals surface area contributed by atoms with Gasteiger partial charge in [0.2, 0.25) is 82.7 Å². The number of carboxylic acids is 1. The maximum absolute atomic E-state index is 15.5. The van der Waals surface area contributed by atoms with Crippen molar-refractivity contribution in [3.63, 3.8) is 0 Å². The fourth-order valence-electron chi connectivity index (χ4n) is 14.5. The number of carboxylic acid groups (broad SMARTS) is 1. The molecule has 710 valence electrons. The van der Waals surface area contributed by atoms with Gasteiger partial charge in [-0.1, -0.05) is 148 Å². The zero-order chi connectivity index (χ0) is 96.7. The zero-order valence-corrected chi connectivity index (χ0v) is 74.1. The molecule has 0 heterocycles. The van der Waals surface area contributed by atoms with Crippen molar-refractivity contribution in [2.45, 2.75) is 197 Å². The van der Waals surface area contributed by atoms with Gasteiger partial charge in [0.1, 0.15) is 72.2 Å². The largest absolute Gasteiger partial charge is 0.508 e. The van der Waals surface area contributed by atoms with Gasteiger partial charge in [-0.3, -0.25) is 88.1 Å². The van der Waals surface area contributed by atoms with Crippen molar-refractivity contribution in [1.82, 2.24) is 85.1 Å². The van der Waals surface area contributed by atoms with Gasteiger partial charge >= 0.3 is 5.97 Å². The second kappa shape index (κ2) is 52.6. The summed E-state index contributed by atoms with van der Waals surface area (Å²) in [5.41, 5.74) is 35.3. The van der Waals surface area contributed by atoms with Crippen LogP contribution in [0.2, 0.25) is 0 Å². The summed E-state index contributed by atoms with van der Waals surface area (Å²) in [5.74, 6) is -17.0. The molecule has 0 aliphatic heterocycles. The predicted octanol–water partition coefficient (Wildman–Crippen LogP) is -2.58. The van der Waals surface area contributed by atoms with E-state index in [0.717, 1.165) is 32.3 Å². The van der Waals surface area contributed by atoms with Crippen molar-refractivity contribution in [1.29, 1.82) is 16.2 Å². The second-order valence-electron chi connectivity index (χ2n) is 32.3. The average molecular weight is 1830 g/mol. The van der Waals surface area contributed by atoms with Gasteiger partial charge < -0.3 is 130 Å². The quantitative estimate of drug-likeness (QED) is 0.00805. The molecule has 0 aromatic heterocycles. The third-order valence-corrected chi connectivity index (χ3v) is 21.7. The number of rotatable bonds is 55. The number of carbonyl (C=O) groups excluding carboxylic acids is 14. The minimum atomic E-state index is -1.89. The van der Waals surface area contributed by atoms with E-state index in [1.54, 1.807) is 74.5 Å². The Labute approximate surface area is 762 Å². The van der Waals surface area contributed by atoms with Gasteiger partial charge in [0.05, 0.1) is 25.4 Å². The van der Waals surface area contributed by atoms with E-state index in [-0.39, 0.29) is 121 Å². The molecule has 0 saturated heterocycles. The number of phenolic OH excluding ortho intramolecular Hbond substituents is 1. The molecule has 0 spiro atoms. The maximum Gasteiger partial charge on any atom is 0.305 e. The molecule has 0 aliphatic carbocycles. The number of aromatic hydroxyl groups is 1. The van der Waals surface area contributed by atoms with E-state index in [1.165, 1.54) is 38.1 Å². The average Bonchev–Trinajstić information content (AvgIpc) is 0.743.